The lowest BCUT2D eigenvalue weighted by atomic mass is 9.82. The van der Waals surface area contributed by atoms with Crippen LogP contribution in [0.3, 0.4) is 0 Å². The predicted octanol–water partition coefficient (Wildman–Crippen LogP) is 3.26. The quantitative estimate of drug-likeness (QED) is 0.886. The van der Waals surface area contributed by atoms with Crippen molar-refractivity contribution in [1.29, 1.82) is 0 Å². The summed E-state index contributed by atoms with van der Waals surface area (Å²) in [5.41, 5.74) is 1.10. The van der Waals surface area contributed by atoms with Gasteiger partial charge in [-0.25, -0.2) is 4.98 Å². The Hall–Kier alpha value is -2.14. The highest BCUT2D eigenvalue weighted by Gasteiger charge is 2.31. The molecule has 1 aliphatic rings. The number of nitrogens with one attached hydrogen (secondary N) is 1. The standard InChI is InChI=1S/C19H25N3O2/c1-15-20-11-12-22(15)14-16-5-7-17(8-6-16)21-18(23)13-19(24)9-3-2-4-10-19/h5-8,11-12,24H,2-4,9-10,13-14H2,1H3,(H,21,23). The van der Waals surface area contributed by atoms with E-state index in [1.807, 2.05) is 37.4 Å². The van der Waals surface area contributed by atoms with Crippen molar-refractivity contribution in [2.45, 2.75) is 57.6 Å². The van der Waals surface area contributed by atoms with Crippen LogP contribution in [-0.4, -0.2) is 26.2 Å². The molecule has 2 N–H and O–H groups in total. The molecular formula is C19H25N3O2. The average Bonchev–Trinajstić information content (AvgIpc) is 2.94. The van der Waals surface area contributed by atoms with Crippen molar-refractivity contribution in [3.05, 3.63) is 48.0 Å². The summed E-state index contributed by atoms with van der Waals surface area (Å²) in [4.78, 5) is 16.4. The van der Waals surface area contributed by atoms with Crippen LogP contribution in [-0.2, 0) is 11.3 Å². The smallest absolute Gasteiger partial charge is 0.227 e. The molecule has 1 heterocycles. The first-order valence-electron chi connectivity index (χ1n) is 8.63. The maximum Gasteiger partial charge on any atom is 0.227 e. The molecule has 1 saturated carbocycles. The Kier molecular flexibility index (Phi) is 5.00. The minimum absolute atomic E-state index is 0.113. The number of imidazole rings is 1. The zero-order chi connectivity index (χ0) is 17.0. The van der Waals surface area contributed by atoms with Gasteiger partial charge in [-0.3, -0.25) is 4.79 Å². The Labute approximate surface area is 142 Å². The van der Waals surface area contributed by atoms with Crippen LogP contribution in [0.4, 0.5) is 5.69 Å². The van der Waals surface area contributed by atoms with Crippen LogP contribution < -0.4 is 5.32 Å². The molecule has 1 amide bonds. The molecule has 1 aromatic heterocycles. The molecule has 0 atom stereocenters. The highest BCUT2D eigenvalue weighted by Crippen LogP contribution is 2.31. The van der Waals surface area contributed by atoms with Crippen LogP contribution in [0.5, 0.6) is 0 Å². The summed E-state index contributed by atoms with van der Waals surface area (Å²) < 4.78 is 2.08. The lowest BCUT2D eigenvalue weighted by Gasteiger charge is -2.31. The van der Waals surface area contributed by atoms with Crippen molar-refractivity contribution in [3.63, 3.8) is 0 Å². The number of hydrogen-bond acceptors (Lipinski definition) is 3. The Morgan fingerprint density at radius 2 is 1.96 bits per heavy atom. The highest BCUT2D eigenvalue weighted by molar-refractivity contribution is 5.91. The number of aromatic nitrogens is 2. The number of nitrogens with zero attached hydrogens (tertiary/aromatic N) is 2. The van der Waals surface area contributed by atoms with E-state index < -0.39 is 5.60 Å². The Morgan fingerprint density at radius 3 is 2.58 bits per heavy atom. The van der Waals surface area contributed by atoms with E-state index >= 15 is 0 Å². The molecule has 5 heteroatoms. The van der Waals surface area contributed by atoms with Crippen LogP contribution in [0, 0.1) is 6.92 Å². The molecule has 24 heavy (non-hydrogen) atoms. The van der Waals surface area contributed by atoms with Crippen molar-refractivity contribution in [2.75, 3.05) is 5.32 Å². The van der Waals surface area contributed by atoms with Crippen LogP contribution in [0.15, 0.2) is 36.7 Å². The minimum atomic E-state index is -0.818. The SMILES string of the molecule is Cc1nccn1Cc1ccc(NC(=O)CC2(O)CCCCC2)cc1. The zero-order valence-corrected chi connectivity index (χ0v) is 14.2. The van der Waals surface area contributed by atoms with E-state index in [0.717, 1.165) is 55.7 Å². The maximum atomic E-state index is 12.2. The lowest BCUT2D eigenvalue weighted by Crippen LogP contribution is -2.35. The summed E-state index contributed by atoms with van der Waals surface area (Å²) in [6.07, 6.45) is 8.55. The fraction of sp³-hybridized carbons (Fsp3) is 0.474. The molecule has 0 radical (unpaired) electrons. The van der Waals surface area contributed by atoms with Gasteiger partial charge in [0.15, 0.2) is 0 Å². The molecule has 1 aliphatic carbocycles. The van der Waals surface area contributed by atoms with Crippen LogP contribution >= 0.6 is 0 Å². The first kappa shape index (κ1) is 16.7. The predicted molar refractivity (Wildman–Crippen MR) is 93.8 cm³/mol. The number of amides is 1. The monoisotopic (exact) mass is 327 g/mol. The molecule has 3 rings (SSSR count). The van der Waals surface area contributed by atoms with E-state index in [2.05, 4.69) is 14.9 Å². The van der Waals surface area contributed by atoms with E-state index in [-0.39, 0.29) is 12.3 Å². The minimum Gasteiger partial charge on any atom is -0.389 e. The van der Waals surface area contributed by atoms with Gasteiger partial charge in [0.2, 0.25) is 5.91 Å². The molecule has 0 unspecified atom stereocenters. The molecule has 128 valence electrons. The van der Waals surface area contributed by atoms with Crippen molar-refractivity contribution >= 4 is 11.6 Å². The van der Waals surface area contributed by atoms with Crippen LogP contribution in [0.25, 0.3) is 0 Å². The number of hydrogen-bond donors (Lipinski definition) is 2. The summed E-state index contributed by atoms with van der Waals surface area (Å²) in [6, 6.07) is 7.82. The molecule has 0 aliphatic heterocycles. The number of anilines is 1. The summed E-state index contributed by atoms with van der Waals surface area (Å²) in [7, 11) is 0. The van der Waals surface area contributed by atoms with Gasteiger partial charge in [-0.05, 0) is 37.5 Å². The van der Waals surface area contributed by atoms with Gasteiger partial charge in [0, 0.05) is 24.6 Å². The van der Waals surface area contributed by atoms with E-state index in [9.17, 15) is 9.90 Å². The van der Waals surface area contributed by atoms with Gasteiger partial charge in [0.1, 0.15) is 5.82 Å². The van der Waals surface area contributed by atoms with E-state index in [0.29, 0.717) is 0 Å². The van der Waals surface area contributed by atoms with Crippen LogP contribution in [0.1, 0.15) is 49.9 Å². The van der Waals surface area contributed by atoms with E-state index in [1.165, 1.54) is 0 Å². The summed E-state index contributed by atoms with van der Waals surface area (Å²) in [5.74, 6) is 0.866. The molecule has 0 saturated heterocycles. The number of carbonyl (C=O) groups is 1. The molecular weight excluding hydrogens is 302 g/mol. The third-order valence-corrected chi connectivity index (χ3v) is 4.79. The van der Waals surface area contributed by atoms with E-state index in [1.54, 1.807) is 6.20 Å². The van der Waals surface area contributed by atoms with Gasteiger partial charge in [0.25, 0.3) is 0 Å². The fourth-order valence-corrected chi connectivity index (χ4v) is 3.35. The Morgan fingerprint density at radius 1 is 1.25 bits per heavy atom. The lowest BCUT2D eigenvalue weighted by molar-refractivity contribution is -0.122. The Balaban J connectivity index is 1.55. The fourth-order valence-electron chi connectivity index (χ4n) is 3.35. The third-order valence-electron chi connectivity index (χ3n) is 4.79. The molecule has 1 aromatic carbocycles. The topological polar surface area (TPSA) is 67.2 Å². The zero-order valence-electron chi connectivity index (χ0n) is 14.2. The normalized spacial score (nSPS) is 16.8. The summed E-state index contributed by atoms with van der Waals surface area (Å²) >= 11 is 0. The number of aliphatic hydroxyl groups is 1. The average molecular weight is 327 g/mol. The number of carbonyl (C=O) groups excluding carboxylic acids is 1. The van der Waals surface area contributed by atoms with Gasteiger partial charge >= 0.3 is 0 Å². The second-order valence-corrected chi connectivity index (χ2v) is 6.81. The second-order valence-electron chi connectivity index (χ2n) is 6.81. The van der Waals surface area contributed by atoms with Gasteiger partial charge in [-0.2, -0.15) is 0 Å². The molecule has 1 fully saturated rings. The first-order chi connectivity index (χ1) is 11.5. The summed E-state index contributed by atoms with van der Waals surface area (Å²) in [6.45, 7) is 2.74. The third kappa shape index (κ3) is 4.23. The van der Waals surface area contributed by atoms with Gasteiger partial charge < -0.3 is 15.0 Å². The van der Waals surface area contributed by atoms with Gasteiger partial charge in [-0.15, -0.1) is 0 Å². The van der Waals surface area contributed by atoms with Crippen molar-refractivity contribution in [1.82, 2.24) is 9.55 Å². The van der Waals surface area contributed by atoms with Gasteiger partial charge in [0.05, 0.1) is 12.0 Å². The maximum absolute atomic E-state index is 12.2. The number of aryl methyl sites for hydroxylation is 1. The highest BCUT2D eigenvalue weighted by atomic mass is 16.3. The molecule has 2 aromatic rings. The Bertz CT molecular complexity index is 685. The van der Waals surface area contributed by atoms with Crippen LogP contribution in [0.2, 0.25) is 0 Å². The van der Waals surface area contributed by atoms with Crippen molar-refractivity contribution < 1.29 is 9.90 Å². The molecule has 0 bridgehead atoms. The summed E-state index contributed by atoms with van der Waals surface area (Å²) in [5, 5.41) is 13.4. The van der Waals surface area contributed by atoms with Crippen molar-refractivity contribution in [3.8, 4) is 0 Å². The number of rotatable bonds is 5. The van der Waals surface area contributed by atoms with E-state index in [4.69, 9.17) is 0 Å². The molecule has 0 spiro atoms. The largest absolute Gasteiger partial charge is 0.389 e. The van der Waals surface area contributed by atoms with Gasteiger partial charge in [-0.1, -0.05) is 31.4 Å². The molecule has 5 nitrogen and oxygen atoms in total. The first-order valence-corrected chi connectivity index (χ1v) is 8.63. The number of benzene rings is 1. The van der Waals surface area contributed by atoms with Crippen molar-refractivity contribution in [2.24, 2.45) is 0 Å². The second kappa shape index (κ2) is 7.18.